The molecule has 0 bridgehead atoms. The molecular weight excluding hydrogens is 432 g/mol. The van der Waals surface area contributed by atoms with Crippen LogP contribution in [-0.2, 0) is 4.79 Å². The van der Waals surface area contributed by atoms with Crippen LogP contribution in [0.5, 0.6) is 0 Å². The van der Waals surface area contributed by atoms with Crippen molar-refractivity contribution in [2.45, 2.75) is 19.0 Å². The molecule has 0 radical (unpaired) electrons. The van der Waals surface area contributed by atoms with Gasteiger partial charge in [-0.2, -0.15) is 0 Å². The zero-order chi connectivity index (χ0) is 22.8. The number of halogens is 2. The zero-order valence-corrected chi connectivity index (χ0v) is 18.2. The van der Waals surface area contributed by atoms with Crippen LogP contribution < -0.4 is 10.9 Å². The van der Waals surface area contributed by atoms with Gasteiger partial charge in [0.25, 0.3) is 5.56 Å². The van der Waals surface area contributed by atoms with E-state index in [-0.39, 0.29) is 17.0 Å². The number of aryl methyl sites for hydroxylation is 2. The Kier molecular flexibility index (Phi) is 6.05. The fraction of sp³-hybridized carbons (Fsp3) is 0.125. The maximum Gasteiger partial charge on any atom is 0.266 e. The van der Waals surface area contributed by atoms with Gasteiger partial charge >= 0.3 is 0 Å². The number of nitrogens with zero attached hydrogens (tertiary/aromatic N) is 2. The Balaban J connectivity index is 1.69. The molecule has 0 aliphatic heterocycles. The number of nitrogens with one attached hydrogen (secondary N) is 1. The number of carbonyl (C=O) groups excluding carboxylic acids is 1. The number of hydrogen-bond donors (Lipinski definition) is 1. The minimum atomic E-state index is -0.736. The average molecular weight is 451 g/mol. The average Bonchev–Trinajstić information content (AvgIpc) is 2.77. The van der Waals surface area contributed by atoms with E-state index in [2.05, 4.69) is 10.3 Å². The molecule has 1 amide bonds. The standard InChI is InChI=1S/C24H19F2N3O2S/c1-14-7-9-17(11-15(14)2)29-23(31)18-5-3-4-6-20(18)28-24(29)32-13-22(30)27-21-12-16(25)8-10-19(21)26/h3-12H,13H2,1-2H3,(H,27,30). The van der Waals surface area contributed by atoms with Crippen molar-refractivity contribution in [3.05, 3.63) is 93.8 Å². The highest BCUT2D eigenvalue weighted by molar-refractivity contribution is 7.99. The SMILES string of the molecule is Cc1ccc(-n2c(SCC(=O)Nc3cc(F)ccc3F)nc3ccccc3c2=O)cc1C. The van der Waals surface area contributed by atoms with Crippen molar-refractivity contribution < 1.29 is 13.6 Å². The van der Waals surface area contributed by atoms with Gasteiger partial charge in [-0.3, -0.25) is 14.2 Å². The number of carbonyl (C=O) groups is 1. The van der Waals surface area contributed by atoms with Gasteiger partial charge in [0.1, 0.15) is 11.6 Å². The van der Waals surface area contributed by atoms with Crippen molar-refractivity contribution in [3.63, 3.8) is 0 Å². The number of aromatic nitrogens is 2. The van der Waals surface area contributed by atoms with E-state index in [0.29, 0.717) is 21.7 Å². The van der Waals surface area contributed by atoms with Crippen molar-refractivity contribution in [1.82, 2.24) is 9.55 Å². The van der Waals surface area contributed by atoms with Gasteiger partial charge in [0.2, 0.25) is 5.91 Å². The van der Waals surface area contributed by atoms with Crippen molar-refractivity contribution in [2.24, 2.45) is 0 Å². The first-order valence-electron chi connectivity index (χ1n) is 9.80. The van der Waals surface area contributed by atoms with Crippen molar-refractivity contribution in [3.8, 4) is 5.69 Å². The van der Waals surface area contributed by atoms with Gasteiger partial charge < -0.3 is 5.32 Å². The first-order chi connectivity index (χ1) is 15.3. The van der Waals surface area contributed by atoms with Crippen molar-refractivity contribution in [1.29, 1.82) is 0 Å². The Hall–Kier alpha value is -3.52. The third-order valence-electron chi connectivity index (χ3n) is 5.03. The number of rotatable bonds is 5. The summed E-state index contributed by atoms with van der Waals surface area (Å²) in [6, 6.07) is 15.4. The molecule has 32 heavy (non-hydrogen) atoms. The molecule has 0 aliphatic carbocycles. The third-order valence-corrected chi connectivity index (χ3v) is 5.97. The second-order valence-corrected chi connectivity index (χ2v) is 8.22. The Morgan fingerprint density at radius 2 is 1.81 bits per heavy atom. The first kappa shape index (κ1) is 21.7. The highest BCUT2D eigenvalue weighted by Crippen LogP contribution is 2.23. The Bertz CT molecular complexity index is 1400. The number of thioether (sulfide) groups is 1. The van der Waals surface area contributed by atoms with Gasteiger partial charge in [0, 0.05) is 6.07 Å². The Morgan fingerprint density at radius 1 is 1.03 bits per heavy atom. The second-order valence-electron chi connectivity index (χ2n) is 7.28. The largest absolute Gasteiger partial charge is 0.323 e. The third kappa shape index (κ3) is 4.40. The van der Waals surface area contributed by atoms with Crippen LogP contribution in [0, 0.1) is 25.5 Å². The van der Waals surface area contributed by atoms with Crippen LogP contribution in [0.25, 0.3) is 16.6 Å². The monoisotopic (exact) mass is 451 g/mol. The molecule has 4 rings (SSSR count). The number of anilines is 1. The van der Waals surface area contributed by atoms with Crippen molar-refractivity contribution >= 4 is 34.3 Å². The molecule has 4 aromatic rings. The normalized spacial score (nSPS) is 11.0. The van der Waals surface area contributed by atoms with E-state index >= 15 is 0 Å². The van der Waals surface area contributed by atoms with E-state index in [9.17, 15) is 18.4 Å². The predicted molar refractivity (Wildman–Crippen MR) is 123 cm³/mol. The lowest BCUT2D eigenvalue weighted by Gasteiger charge is -2.14. The minimum absolute atomic E-state index is 0.147. The summed E-state index contributed by atoms with van der Waals surface area (Å²) < 4.78 is 28.7. The molecule has 0 unspecified atom stereocenters. The zero-order valence-electron chi connectivity index (χ0n) is 17.4. The molecule has 1 N–H and O–H groups in total. The predicted octanol–water partition coefficient (Wildman–Crippen LogP) is 5.01. The second kappa shape index (κ2) is 8.92. The molecule has 0 saturated carbocycles. The summed E-state index contributed by atoms with van der Waals surface area (Å²) >= 11 is 1.04. The molecule has 3 aromatic carbocycles. The van der Waals surface area contributed by atoms with Crippen LogP contribution in [0.2, 0.25) is 0 Å². The highest BCUT2D eigenvalue weighted by atomic mass is 32.2. The molecule has 8 heteroatoms. The van der Waals surface area contributed by atoms with Crippen LogP contribution in [0.1, 0.15) is 11.1 Å². The van der Waals surface area contributed by atoms with E-state index in [1.165, 1.54) is 4.57 Å². The smallest absolute Gasteiger partial charge is 0.266 e. The molecular formula is C24H19F2N3O2S. The fourth-order valence-corrected chi connectivity index (χ4v) is 4.02. The summed E-state index contributed by atoms with van der Waals surface area (Å²) in [7, 11) is 0. The fourth-order valence-electron chi connectivity index (χ4n) is 3.21. The number of hydrogen-bond acceptors (Lipinski definition) is 4. The quantitative estimate of drug-likeness (QED) is 0.342. The summed E-state index contributed by atoms with van der Waals surface area (Å²) in [5.74, 6) is -2.09. The number of fused-ring (bicyclic) bond motifs is 1. The number of amides is 1. The van der Waals surface area contributed by atoms with Crippen LogP contribution in [-0.4, -0.2) is 21.2 Å². The lowest BCUT2D eigenvalue weighted by molar-refractivity contribution is -0.113. The van der Waals surface area contributed by atoms with Gasteiger partial charge in [0.15, 0.2) is 5.16 Å². The molecule has 0 spiro atoms. The van der Waals surface area contributed by atoms with Gasteiger partial charge in [-0.15, -0.1) is 0 Å². The Morgan fingerprint density at radius 3 is 2.59 bits per heavy atom. The molecule has 0 aliphatic rings. The van der Waals surface area contributed by atoms with Crippen LogP contribution >= 0.6 is 11.8 Å². The van der Waals surface area contributed by atoms with Crippen LogP contribution in [0.15, 0.2) is 70.6 Å². The van der Waals surface area contributed by atoms with E-state index in [4.69, 9.17) is 0 Å². The Labute approximate surface area is 187 Å². The number of para-hydroxylation sites is 1. The van der Waals surface area contributed by atoms with Gasteiger partial charge in [-0.25, -0.2) is 13.8 Å². The van der Waals surface area contributed by atoms with Crippen molar-refractivity contribution in [2.75, 3.05) is 11.1 Å². The molecule has 0 atom stereocenters. The van der Waals surface area contributed by atoms with Crippen LogP contribution in [0.3, 0.4) is 0 Å². The summed E-state index contributed by atoms with van der Waals surface area (Å²) in [5, 5.41) is 3.14. The van der Waals surface area contributed by atoms with E-state index in [0.717, 1.165) is 41.1 Å². The first-order valence-corrected chi connectivity index (χ1v) is 10.8. The van der Waals surface area contributed by atoms with Gasteiger partial charge in [-0.1, -0.05) is 30.0 Å². The maximum atomic E-state index is 13.8. The topological polar surface area (TPSA) is 64.0 Å². The molecule has 1 heterocycles. The number of benzene rings is 3. The highest BCUT2D eigenvalue weighted by Gasteiger charge is 2.16. The van der Waals surface area contributed by atoms with E-state index in [1.54, 1.807) is 24.3 Å². The van der Waals surface area contributed by atoms with Gasteiger partial charge in [0.05, 0.1) is 28.0 Å². The summed E-state index contributed by atoms with van der Waals surface area (Å²) in [6.07, 6.45) is 0. The molecule has 162 valence electrons. The lowest BCUT2D eigenvalue weighted by Crippen LogP contribution is -2.23. The molecule has 0 saturated heterocycles. The maximum absolute atomic E-state index is 13.8. The van der Waals surface area contributed by atoms with Gasteiger partial charge in [-0.05, 0) is 61.4 Å². The van der Waals surface area contributed by atoms with Crippen LogP contribution in [0.4, 0.5) is 14.5 Å². The molecule has 5 nitrogen and oxygen atoms in total. The summed E-state index contributed by atoms with van der Waals surface area (Å²) in [4.78, 5) is 30.3. The molecule has 0 fully saturated rings. The summed E-state index contributed by atoms with van der Waals surface area (Å²) in [6.45, 7) is 3.93. The molecule has 1 aromatic heterocycles. The minimum Gasteiger partial charge on any atom is -0.323 e. The lowest BCUT2D eigenvalue weighted by atomic mass is 10.1. The summed E-state index contributed by atoms with van der Waals surface area (Å²) in [5.41, 5.74) is 2.75. The van der Waals surface area contributed by atoms with E-state index < -0.39 is 17.5 Å². The van der Waals surface area contributed by atoms with E-state index in [1.807, 2.05) is 32.0 Å².